The first kappa shape index (κ1) is 19.2. The summed E-state index contributed by atoms with van der Waals surface area (Å²) in [5.41, 5.74) is 1.02. The van der Waals surface area contributed by atoms with Gasteiger partial charge in [-0.3, -0.25) is 4.79 Å². The summed E-state index contributed by atoms with van der Waals surface area (Å²) in [6, 6.07) is 7.94. The molecule has 0 unspecified atom stereocenters. The Kier molecular flexibility index (Phi) is 6.16. The van der Waals surface area contributed by atoms with Crippen LogP contribution in [0.5, 0.6) is 0 Å². The molecule has 0 spiro atoms. The molecule has 0 saturated carbocycles. The highest BCUT2D eigenvalue weighted by atomic mass is 19.4. The first-order valence-electron chi connectivity index (χ1n) is 7.50. The van der Waals surface area contributed by atoms with Crippen molar-refractivity contribution in [3.63, 3.8) is 0 Å². The minimum atomic E-state index is -4.37. The van der Waals surface area contributed by atoms with Crippen molar-refractivity contribution in [2.24, 2.45) is 5.16 Å². The Morgan fingerprint density at radius 2 is 1.92 bits per heavy atom. The van der Waals surface area contributed by atoms with Crippen molar-refractivity contribution in [3.8, 4) is 0 Å². The van der Waals surface area contributed by atoms with Gasteiger partial charge in [0.1, 0.15) is 19.0 Å². The third kappa shape index (κ3) is 5.76. The standard InChI is InChI=1S/C17H16F3N3O3/c1-11(13-4-7-15(21-8-13)22-9-16(24)25)23-26-10-12-2-5-14(6-3-12)17(18,19)20/h2-8H,9-10H2,1H3,(H,21,22)(H,24,25)/b23-11+. The van der Waals surface area contributed by atoms with Gasteiger partial charge in [0.25, 0.3) is 0 Å². The molecule has 1 aromatic heterocycles. The molecule has 9 heteroatoms. The third-order valence-electron chi connectivity index (χ3n) is 3.32. The van der Waals surface area contributed by atoms with Gasteiger partial charge in [0.2, 0.25) is 0 Å². The molecule has 0 amide bonds. The summed E-state index contributed by atoms with van der Waals surface area (Å²) < 4.78 is 37.5. The zero-order valence-corrected chi connectivity index (χ0v) is 13.7. The van der Waals surface area contributed by atoms with Crippen LogP contribution in [0.15, 0.2) is 47.8 Å². The van der Waals surface area contributed by atoms with Crippen LogP contribution in [-0.4, -0.2) is 28.3 Å². The highest BCUT2D eigenvalue weighted by molar-refractivity contribution is 5.98. The minimum absolute atomic E-state index is 0.0289. The number of benzene rings is 1. The molecular weight excluding hydrogens is 351 g/mol. The lowest BCUT2D eigenvalue weighted by atomic mass is 10.1. The number of alkyl halides is 3. The molecule has 0 fully saturated rings. The maximum absolute atomic E-state index is 12.5. The second kappa shape index (κ2) is 8.32. The smallest absolute Gasteiger partial charge is 0.416 e. The Bertz CT molecular complexity index is 773. The molecule has 1 heterocycles. The Hall–Kier alpha value is -3.10. The average molecular weight is 367 g/mol. The lowest BCUT2D eigenvalue weighted by Gasteiger charge is -2.07. The highest BCUT2D eigenvalue weighted by Crippen LogP contribution is 2.29. The fraction of sp³-hybridized carbons (Fsp3) is 0.235. The van der Waals surface area contributed by atoms with Crippen molar-refractivity contribution in [2.45, 2.75) is 19.7 Å². The molecule has 0 saturated heterocycles. The number of nitrogens with zero attached hydrogens (tertiary/aromatic N) is 2. The minimum Gasteiger partial charge on any atom is -0.480 e. The summed E-state index contributed by atoms with van der Waals surface area (Å²) in [7, 11) is 0. The van der Waals surface area contributed by atoms with Gasteiger partial charge in [-0.1, -0.05) is 17.3 Å². The number of carboxylic acid groups (broad SMARTS) is 1. The topological polar surface area (TPSA) is 83.8 Å². The summed E-state index contributed by atoms with van der Waals surface area (Å²) in [4.78, 5) is 19.7. The van der Waals surface area contributed by atoms with E-state index in [1.165, 1.54) is 18.3 Å². The number of aromatic nitrogens is 1. The Morgan fingerprint density at radius 1 is 1.23 bits per heavy atom. The van der Waals surface area contributed by atoms with Gasteiger partial charge in [0, 0.05) is 11.8 Å². The van der Waals surface area contributed by atoms with Crippen LogP contribution >= 0.6 is 0 Å². The number of anilines is 1. The summed E-state index contributed by atoms with van der Waals surface area (Å²) >= 11 is 0. The summed E-state index contributed by atoms with van der Waals surface area (Å²) in [6.45, 7) is 1.48. The zero-order valence-electron chi connectivity index (χ0n) is 13.7. The largest absolute Gasteiger partial charge is 0.480 e. The van der Waals surface area contributed by atoms with Gasteiger partial charge >= 0.3 is 12.1 Å². The third-order valence-corrected chi connectivity index (χ3v) is 3.32. The van der Waals surface area contributed by atoms with Crippen LogP contribution in [0, 0.1) is 0 Å². The second-order valence-corrected chi connectivity index (χ2v) is 5.32. The van der Waals surface area contributed by atoms with Gasteiger partial charge in [-0.15, -0.1) is 0 Å². The molecule has 0 bridgehead atoms. The van der Waals surface area contributed by atoms with E-state index in [0.717, 1.165) is 12.1 Å². The summed E-state index contributed by atoms with van der Waals surface area (Å²) in [5, 5.41) is 15.1. The zero-order chi connectivity index (χ0) is 19.2. The maximum Gasteiger partial charge on any atom is 0.416 e. The molecule has 0 atom stereocenters. The fourth-order valence-corrected chi connectivity index (χ4v) is 1.92. The number of carbonyl (C=O) groups is 1. The molecule has 0 aliphatic carbocycles. The van der Waals surface area contributed by atoms with Gasteiger partial charge in [-0.05, 0) is 36.8 Å². The van der Waals surface area contributed by atoms with Gasteiger partial charge in [-0.25, -0.2) is 4.98 Å². The normalized spacial score (nSPS) is 11.9. The quantitative estimate of drug-likeness (QED) is 0.578. The molecule has 0 aliphatic heterocycles. The monoisotopic (exact) mass is 367 g/mol. The number of rotatable bonds is 7. The van der Waals surface area contributed by atoms with E-state index in [1.807, 2.05) is 0 Å². The number of carboxylic acids is 1. The maximum atomic E-state index is 12.5. The Morgan fingerprint density at radius 3 is 2.46 bits per heavy atom. The molecule has 26 heavy (non-hydrogen) atoms. The average Bonchev–Trinajstić information content (AvgIpc) is 2.60. The van der Waals surface area contributed by atoms with Crippen LogP contribution in [0.3, 0.4) is 0 Å². The summed E-state index contributed by atoms with van der Waals surface area (Å²) in [6.07, 6.45) is -2.86. The van der Waals surface area contributed by atoms with E-state index in [9.17, 15) is 18.0 Å². The number of aliphatic carboxylic acids is 1. The molecule has 0 aliphatic rings. The summed E-state index contributed by atoms with van der Waals surface area (Å²) in [5.74, 6) is -0.583. The molecule has 2 rings (SSSR count). The van der Waals surface area contributed by atoms with Gasteiger partial charge in [0.15, 0.2) is 0 Å². The van der Waals surface area contributed by atoms with Crippen molar-refractivity contribution in [3.05, 3.63) is 59.3 Å². The molecular formula is C17H16F3N3O3. The van der Waals surface area contributed by atoms with E-state index in [0.29, 0.717) is 22.7 Å². The van der Waals surface area contributed by atoms with Crippen LogP contribution in [-0.2, 0) is 22.4 Å². The van der Waals surface area contributed by atoms with Crippen LogP contribution in [0.25, 0.3) is 0 Å². The fourth-order valence-electron chi connectivity index (χ4n) is 1.92. The number of oxime groups is 1. The Labute approximate surface area is 147 Å². The van der Waals surface area contributed by atoms with Crippen LogP contribution in [0.2, 0.25) is 0 Å². The molecule has 2 aromatic rings. The second-order valence-electron chi connectivity index (χ2n) is 5.32. The molecule has 138 valence electrons. The van der Waals surface area contributed by atoms with E-state index in [2.05, 4.69) is 15.5 Å². The first-order valence-corrected chi connectivity index (χ1v) is 7.50. The number of halogens is 3. The van der Waals surface area contributed by atoms with E-state index >= 15 is 0 Å². The van der Waals surface area contributed by atoms with E-state index in [-0.39, 0.29) is 13.2 Å². The molecule has 0 radical (unpaired) electrons. The molecule has 2 N–H and O–H groups in total. The molecule has 6 nitrogen and oxygen atoms in total. The number of pyridine rings is 1. The van der Waals surface area contributed by atoms with Crippen LogP contribution in [0.1, 0.15) is 23.6 Å². The van der Waals surface area contributed by atoms with Gasteiger partial charge < -0.3 is 15.3 Å². The van der Waals surface area contributed by atoms with E-state index in [4.69, 9.17) is 9.94 Å². The van der Waals surface area contributed by atoms with Crippen LogP contribution < -0.4 is 5.32 Å². The van der Waals surface area contributed by atoms with Crippen molar-refractivity contribution in [1.29, 1.82) is 0 Å². The highest BCUT2D eigenvalue weighted by Gasteiger charge is 2.29. The van der Waals surface area contributed by atoms with E-state index in [1.54, 1.807) is 19.1 Å². The van der Waals surface area contributed by atoms with Crippen molar-refractivity contribution in [1.82, 2.24) is 4.98 Å². The first-order chi connectivity index (χ1) is 12.3. The van der Waals surface area contributed by atoms with Crippen molar-refractivity contribution >= 4 is 17.5 Å². The lowest BCUT2D eigenvalue weighted by Crippen LogP contribution is -2.13. The van der Waals surface area contributed by atoms with Crippen molar-refractivity contribution in [2.75, 3.05) is 11.9 Å². The van der Waals surface area contributed by atoms with E-state index < -0.39 is 17.7 Å². The Balaban J connectivity index is 1.90. The van der Waals surface area contributed by atoms with Crippen LogP contribution in [0.4, 0.5) is 19.0 Å². The van der Waals surface area contributed by atoms with Gasteiger partial charge in [-0.2, -0.15) is 13.2 Å². The predicted molar refractivity (Wildman–Crippen MR) is 88.8 cm³/mol. The number of hydrogen-bond donors (Lipinski definition) is 2. The van der Waals surface area contributed by atoms with Gasteiger partial charge in [0.05, 0.1) is 11.3 Å². The SMILES string of the molecule is C/C(=N\OCc1ccc(C(F)(F)F)cc1)c1ccc(NCC(=O)O)nc1. The predicted octanol–water partition coefficient (Wildman–Crippen LogP) is 3.54. The molecule has 1 aromatic carbocycles. The van der Waals surface area contributed by atoms with Crippen molar-refractivity contribution < 1.29 is 27.9 Å². The lowest BCUT2D eigenvalue weighted by molar-refractivity contribution is -0.137. The number of nitrogens with one attached hydrogen (secondary N) is 1. The number of hydrogen-bond acceptors (Lipinski definition) is 5.